The van der Waals surface area contributed by atoms with Gasteiger partial charge in [0.2, 0.25) is 0 Å². The molecule has 0 spiro atoms. The van der Waals surface area contributed by atoms with E-state index in [1.54, 1.807) is 0 Å². The van der Waals surface area contributed by atoms with Crippen LogP contribution in [0.4, 0.5) is 0 Å². The fourth-order valence-electron chi connectivity index (χ4n) is 2.14. The quantitative estimate of drug-likeness (QED) is 0.722. The number of likely N-dealkylation sites (N-methyl/N-ethyl adjacent to an activating group) is 1. The lowest BCUT2D eigenvalue weighted by Crippen LogP contribution is -2.39. The Morgan fingerprint density at radius 1 is 1.32 bits per heavy atom. The van der Waals surface area contributed by atoms with Gasteiger partial charge in [-0.15, -0.1) is 0 Å². The zero-order chi connectivity index (χ0) is 14.3. The average molecular weight is 283 g/mol. The average Bonchev–Trinajstić information content (AvgIpc) is 2.41. The van der Waals surface area contributed by atoms with Crippen LogP contribution in [0.1, 0.15) is 45.2 Å². The van der Waals surface area contributed by atoms with E-state index < -0.39 is 0 Å². The Labute approximate surface area is 123 Å². The van der Waals surface area contributed by atoms with Gasteiger partial charge in [-0.05, 0) is 51.6 Å². The second-order valence-electron chi connectivity index (χ2n) is 5.30. The van der Waals surface area contributed by atoms with Crippen LogP contribution in [-0.2, 0) is 0 Å². The van der Waals surface area contributed by atoms with Gasteiger partial charge in [-0.1, -0.05) is 37.1 Å². The van der Waals surface area contributed by atoms with Crippen molar-refractivity contribution in [1.82, 2.24) is 10.2 Å². The predicted molar refractivity (Wildman–Crippen MR) is 84.9 cm³/mol. The minimum Gasteiger partial charge on any atom is -0.315 e. The van der Waals surface area contributed by atoms with Gasteiger partial charge in [-0.3, -0.25) is 4.90 Å². The van der Waals surface area contributed by atoms with Crippen LogP contribution in [0.5, 0.6) is 0 Å². The third kappa shape index (κ3) is 5.52. The molecule has 3 heteroatoms. The summed E-state index contributed by atoms with van der Waals surface area (Å²) in [6.07, 6.45) is 2.50. The van der Waals surface area contributed by atoms with Crippen LogP contribution >= 0.6 is 11.6 Å². The van der Waals surface area contributed by atoms with E-state index in [1.807, 2.05) is 12.1 Å². The third-order valence-electron chi connectivity index (χ3n) is 3.78. The zero-order valence-electron chi connectivity index (χ0n) is 12.6. The maximum Gasteiger partial charge on any atom is 0.0409 e. The molecule has 19 heavy (non-hydrogen) atoms. The van der Waals surface area contributed by atoms with E-state index >= 15 is 0 Å². The minimum atomic E-state index is 0.377. The van der Waals surface area contributed by atoms with Crippen molar-refractivity contribution in [2.45, 2.75) is 45.7 Å². The molecular formula is C16H27ClN2. The molecule has 0 aliphatic carbocycles. The van der Waals surface area contributed by atoms with Crippen molar-refractivity contribution in [1.29, 1.82) is 0 Å². The maximum absolute atomic E-state index is 6.06. The smallest absolute Gasteiger partial charge is 0.0409 e. The van der Waals surface area contributed by atoms with Crippen LogP contribution < -0.4 is 5.32 Å². The Morgan fingerprint density at radius 3 is 2.68 bits per heavy atom. The third-order valence-corrected chi connectivity index (χ3v) is 4.02. The molecule has 1 N–H and O–H groups in total. The number of hydrogen-bond acceptors (Lipinski definition) is 2. The number of hydrogen-bond donors (Lipinski definition) is 1. The zero-order valence-corrected chi connectivity index (χ0v) is 13.4. The van der Waals surface area contributed by atoms with Gasteiger partial charge < -0.3 is 5.32 Å². The molecule has 2 atom stereocenters. The predicted octanol–water partition coefficient (Wildman–Crippen LogP) is 4.11. The normalized spacial score (nSPS) is 14.6. The van der Waals surface area contributed by atoms with Crippen LogP contribution in [0.2, 0.25) is 5.02 Å². The van der Waals surface area contributed by atoms with Crippen molar-refractivity contribution in [3.8, 4) is 0 Å². The molecule has 1 aromatic rings. The van der Waals surface area contributed by atoms with E-state index in [9.17, 15) is 0 Å². The van der Waals surface area contributed by atoms with Crippen molar-refractivity contribution in [3.63, 3.8) is 0 Å². The van der Waals surface area contributed by atoms with Crippen molar-refractivity contribution in [3.05, 3.63) is 34.9 Å². The molecule has 0 fully saturated rings. The standard InChI is InChI=1S/C16H27ClN2/c1-5-6-10-18-12-13(2)19(4)14(3)15-8-7-9-16(17)11-15/h7-9,11,13-14,18H,5-6,10,12H2,1-4H3. The lowest BCUT2D eigenvalue weighted by molar-refractivity contribution is 0.193. The second kappa shape index (κ2) is 8.57. The molecule has 2 unspecified atom stereocenters. The van der Waals surface area contributed by atoms with Crippen molar-refractivity contribution < 1.29 is 0 Å². The molecule has 1 rings (SSSR count). The fourth-order valence-corrected chi connectivity index (χ4v) is 2.34. The van der Waals surface area contributed by atoms with E-state index in [2.05, 4.69) is 50.2 Å². The highest BCUT2D eigenvalue weighted by atomic mass is 35.5. The van der Waals surface area contributed by atoms with Gasteiger partial charge in [0.05, 0.1) is 0 Å². The molecule has 0 amide bonds. The van der Waals surface area contributed by atoms with Crippen LogP contribution in [0, 0.1) is 0 Å². The van der Waals surface area contributed by atoms with Gasteiger partial charge in [-0.2, -0.15) is 0 Å². The van der Waals surface area contributed by atoms with Crippen LogP contribution in [-0.4, -0.2) is 31.1 Å². The van der Waals surface area contributed by atoms with Crippen molar-refractivity contribution in [2.24, 2.45) is 0 Å². The Hall–Kier alpha value is -0.570. The number of halogens is 1. The van der Waals surface area contributed by atoms with E-state index in [0.717, 1.165) is 18.1 Å². The monoisotopic (exact) mass is 282 g/mol. The van der Waals surface area contributed by atoms with Crippen LogP contribution in [0.15, 0.2) is 24.3 Å². The number of nitrogens with one attached hydrogen (secondary N) is 1. The van der Waals surface area contributed by atoms with Crippen LogP contribution in [0.25, 0.3) is 0 Å². The SMILES string of the molecule is CCCCNCC(C)N(C)C(C)c1cccc(Cl)c1. The minimum absolute atomic E-state index is 0.377. The van der Waals surface area contributed by atoms with E-state index in [1.165, 1.54) is 18.4 Å². The molecule has 0 saturated heterocycles. The van der Waals surface area contributed by atoms with E-state index in [0.29, 0.717) is 12.1 Å². The summed E-state index contributed by atoms with van der Waals surface area (Å²) < 4.78 is 0. The molecule has 0 radical (unpaired) electrons. The first-order valence-electron chi connectivity index (χ1n) is 7.24. The fraction of sp³-hybridized carbons (Fsp3) is 0.625. The Morgan fingerprint density at radius 2 is 2.05 bits per heavy atom. The maximum atomic E-state index is 6.06. The summed E-state index contributed by atoms with van der Waals surface area (Å²) in [5, 5.41) is 4.33. The highest BCUT2D eigenvalue weighted by molar-refractivity contribution is 6.30. The van der Waals surface area contributed by atoms with Crippen molar-refractivity contribution in [2.75, 3.05) is 20.1 Å². The lowest BCUT2D eigenvalue weighted by Gasteiger charge is -2.31. The molecule has 0 aromatic heterocycles. The summed E-state index contributed by atoms with van der Waals surface area (Å²) in [6.45, 7) is 8.86. The Kier molecular flexibility index (Phi) is 7.44. The molecule has 0 bridgehead atoms. The largest absolute Gasteiger partial charge is 0.315 e. The Bertz CT molecular complexity index is 368. The van der Waals surface area contributed by atoms with Gasteiger partial charge >= 0.3 is 0 Å². The number of benzene rings is 1. The molecule has 0 heterocycles. The van der Waals surface area contributed by atoms with Crippen LogP contribution in [0.3, 0.4) is 0 Å². The van der Waals surface area contributed by atoms with Crippen molar-refractivity contribution >= 4 is 11.6 Å². The first-order chi connectivity index (χ1) is 9.06. The Balaban J connectivity index is 2.49. The molecule has 0 aliphatic rings. The summed E-state index contributed by atoms with van der Waals surface area (Å²) in [7, 11) is 2.18. The molecule has 0 saturated carbocycles. The first kappa shape index (κ1) is 16.5. The van der Waals surface area contributed by atoms with Gasteiger partial charge in [-0.25, -0.2) is 0 Å². The van der Waals surface area contributed by atoms with Gasteiger partial charge in [0.25, 0.3) is 0 Å². The van der Waals surface area contributed by atoms with Gasteiger partial charge in [0, 0.05) is 23.7 Å². The molecule has 2 nitrogen and oxygen atoms in total. The molecular weight excluding hydrogens is 256 g/mol. The summed E-state index contributed by atoms with van der Waals surface area (Å²) in [4.78, 5) is 2.39. The number of nitrogens with zero attached hydrogens (tertiary/aromatic N) is 1. The van der Waals surface area contributed by atoms with Gasteiger partial charge in [0.1, 0.15) is 0 Å². The van der Waals surface area contributed by atoms with E-state index in [4.69, 9.17) is 11.6 Å². The highest BCUT2D eigenvalue weighted by Crippen LogP contribution is 2.23. The number of rotatable bonds is 8. The summed E-state index contributed by atoms with van der Waals surface area (Å²) in [5.41, 5.74) is 1.27. The molecule has 0 aliphatic heterocycles. The topological polar surface area (TPSA) is 15.3 Å². The van der Waals surface area contributed by atoms with Gasteiger partial charge in [0.15, 0.2) is 0 Å². The summed E-state index contributed by atoms with van der Waals surface area (Å²) in [6, 6.07) is 9.02. The molecule has 108 valence electrons. The first-order valence-corrected chi connectivity index (χ1v) is 7.62. The molecule has 1 aromatic carbocycles. The highest BCUT2D eigenvalue weighted by Gasteiger charge is 2.17. The van der Waals surface area contributed by atoms with E-state index in [-0.39, 0.29) is 0 Å². The second-order valence-corrected chi connectivity index (χ2v) is 5.74. The summed E-state index contributed by atoms with van der Waals surface area (Å²) >= 11 is 6.06. The summed E-state index contributed by atoms with van der Waals surface area (Å²) in [5.74, 6) is 0. The number of unbranched alkanes of at least 4 members (excludes halogenated alkanes) is 1. The lowest BCUT2D eigenvalue weighted by atomic mass is 10.1.